The minimum absolute atomic E-state index is 0.00360. The molecule has 6 heteroatoms. The van der Waals surface area contributed by atoms with E-state index < -0.39 is 5.91 Å². The lowest BCUT2D eigenvalue weighted by Crippen LogP contribution is -2.28. The lowest BCUT2D eigenvalue weighted by molar-refractivity contribution is -0.117. The second-order valence-corrected chi connectivity index (χ2v) is 6.12. The number of methoxy groups -OCH3 is 1. The molecule has 0 aliphatic rings. The summed E-state index contributed by atoms with van der Waals surface area (Å²) in [6.45, 7) is 1.86. The maximum absolute atomic E-state index is 12.3. The summed E-state index contributed by atoms with van der Waals surface area (Å²) in [5.74, 6) is 0.308. The molecular formula is C19H18BrN3O2. The Balaban J connectivity index is 2.05. The second-order valence-electron chi connectivity index (χ2n) is 5.26. The number of nitrogens with one attached hydrogen (secondary N) is 2. The highest BCUT2D eigenvalue weighted by molar-refractivity contribution is 9.10. The Morgan fingerprint density at radius 3 is 2.52 bits per heavy atom. The van der Waals surface area contributed by atoms with Gasteiger partial charge in [0.2, 0.25) is 0 Å². The fourth-order valence-electron chi connectivity index (χ4n) is 2.13. The lowest BCUT2D eigenvalue weighted by Gasteiger charge is -2.14. The lowest BCUT2D eigenvalue weighted by atomic mass is 10.1. The van der Waals surface area contributed by atoms with Crippen LogP contribution in [0, 0.1) is 11.3 Å². The van der Waals surface area contributed by atoms with Gasteiger partial charge < -0.3 is 15.4 Å². The van der Waals surface area contributed by atoms with Gasteiger partial charge in [0.25, 0.3) is 5.91 Å². The molecule has 0 aliphatic carbocycles. The number of carbonyl (C=O) groups is 1. The average Bonchev–Trinajstić information content (AvgIpc) is 2.63. The van der Waals surface area contributed by atoms with E-state index in [4.69, 9.17) is 4.74 Å². The molecule has 2 aromatic rings. The Labute approximate surface area is 155 Å². The van der Waals surface area contributed by atoms with Crippen molar-refractivity contribution in [3.05, 3.63) is 70.3 Å². The average molecular weight is 400 g/mol. The van der Waals surface area contributed by atoms with Crippen LogP contribution in [0.15, 0.2) is 64.8 Å². The SMILES string of the molecule is COc1ccc(C(C)NC(=O)/C(C#N)=C\Nc2ccccc2Br)cc1. The van der Waals surface area contributed by atoms with Crippen molar-refractivity contribution in [2.45, 2.75) is 13.0 Å². The number of rotatable bonds is 6. The van der Waals surface area contributed by atoms with Crippen molar-refractivity contribution in [2.24, 2.45) is 0 Å². The van der Waals surface area contributed by atoms with E-state index in [-0.39, 0.29) is 11.6 Å². The van der Waals surface area contributed by atoms with E-state index in [2.05, 4.69) is 26.6 Å². The summed E-state index contributed by atoms with van der Waals surface area (Å²) in [6.07, 6.45) is 1.40. The van der Waals surface area contributed by atoms with Crippen LogP contribution < -0.4 is 15.4 Å². The van der Waals surface area contributed by atoms with Gasteiger partial charge >= 0.3 is 0 Å². The van der Waals surface area contributed by atoms with Gasteiger partial charge in [0.05, 0.1) is 18.8 Å². The van der Waals surface area contributed by atoms with Crippen LogP contribution in [0.2, 0.25) is 0 Å². The van der Waals surface area contributed by atoms with Gasteiger partial charge in [-0.1, -0.05) is 24.3 Å². The van der Waals surface area contributed by atoms with Crippen LogP contribution in [0.3, 0.4) is 0 Å². The third-order valence-corrected chi connectivity index (χ3v) is 4.27. The number of hydrogen-bond acceptors (Lipinski definition) is 4. The van der Waals surface area contributed by atoms with Crippen LogP contribution in [-0.2, 0) is 4.79 Å². The molecule has 2 rings (SSSR count). The van der Waals surface area contributed by atoms with Crippen LogP contribution in [0.5, 0.6) is 5.75 Å². The van der Waals surface area contributed by atoms with Gasteiger partial charge in [0.1, 0.15) is 17.4 Å². The monoisotopic (exact) mass is 399 g/mol. The molecule has 0 aromatic heterocycles. The van der Waals surface area contributed by atoms with Crippen molar-refractivity contribution in [1.29, 1.82) is 5.26 Å². The van der Waals surface area contributed by atoms with E-state index in [1.54, 1.807) is 7.11 Å². The van der Waals surface area contributed by atoms with Gasteiger partial charge in [-0.3, -0.25) is 4.79 Å². The predicted molar refractivity (Wildman–Crippen MR) is 101 cm³/mol. The maximum Gasteiger partial charge on any atom is 0.263 e. The number of anilines is 1. The number of para-hydroxylation sites is 1. The first-order valence-electron chi connectivity index (χ1n) is 7.61. The Morgan fingerprint density at radius 1 is 1.24 bits per heavy atom. The number of amides is 1. The minimum Gasteiger partial charge on any atom is -0.497 e. The quantitative estimate of drug-likeness (QED) is 0.564. The predicted octanol–water partition coefficient (Wildman–Crippen LogP) is 4.15. The summed E-state index contributed by atoms with van der Waals surface area (Å²) in [6, 6.07) is 16.5. The number of halogens is 1. The van der Waals surface area contributed by atoms with E-state index in [0.717, 1.165) is 21.5 Å². The molecule has 0 radical (unpaired) electrons. The number of hydrogen-bond donors (Lipinski definition) is 2. The summed E-state index contributed by atoms with van der Waals surface area (Å²) in [5, 5.41) is 15.0. The summed E-state index contributed by atoms with van der Waals surface area (Å²) in [4.78, 5) is 12.3. The zero-order valence-corrected chi connectivity index (χ0v) is 15.5. The minimum atomic E-state index is -0.439. The molecule has 1 atom stereocenters. The standard InChI is InChI=1S/C19H18BrN3O2/c1-13(14-7-9-16(25-2)10-8-14)23-19(24)15(11-21)12-22-18-6-4-3-5-17(18)20/h3-10,12-13,22H,1-2H3,(H,23,24)/b15-12-. The zero-order chi connectivity index (χ0) is 18.2. The third-order valence-electron chi connectivity index (χ3n) is 3.57. The first kappa shape index (κ1) is 18.6. The van der Waals surface area contributed by atoms with Crippen LogP contribution in [0.1, 0.15) is 18.5 Å². The van der Waals surface area contributed by atoms with E-state index in [0.29, 0.717) is 0 Å². The summed E-state index contributed by atoms with van der Waals surface area (Å²) in [5.41, 5.74) is 1.69. The van der Waals surface area contributed by atoms with Crippen LogP contribution >= 0.6 is 15.9 Å². The molecule has 25 heavy (non-hydrogen) atoms. The van der Waals surface area contributed by atoms with Crippen LogP contribution in [0.25, 0.3) is 0 Å². The Morgan fingerprint density at radius 2 is 1.92 bits per heavy atom. The van der Waals surface area contributed by atoms with Crippen LogP contribution in [0.4, 0.5) is 5.69 Å². The van der Waals surface area contributed by atoms with E-state index in [1.165, 1.54) is 6.20 Å². The second kappa shape index (κ2) is 8.90. The van der Waals surface area contributed by atoms with Crippen LogP contribution in [-0.4, -0.2) is 13.0 Å². The Hall–Kier alpha value is -2.78. The van der Waals surface area contributed by atoms with Gasteiger partial charge in [0, 0.05) is 10.7 Å². The highest BCUT2D eigenvalue weighted by atomic mass is 79.9. The molecule has 0 spiro atoms. The third kappa shape index (κ3) is 5.10. The fraction of sp³-hybridized carbons (Fsp3) is 0.158. The highest BCUT2D eigenvalue weighted by Gasteiger charge is 2.14. The zero-order valence-electron chi connectivity index (χ0n) is 13.9. The normalized spacial score (nSPS) is 12.0. The van der Waals surface area contributed by atoms with Gasteiger partial charge in [-0.05, 0) is 52.7 Å². The molecule has 1 amide bonds. The van der Waals surface area contributed by atoms with E-state index in [1.807, 2.05) is 61.5 Å². The van der Waals surface area contributed by atoms with E-state index in [9.17, 15) is 10.1 Å². The van der Waals surface area contributed by atoms with Crippen molar-refractivity contribution >= 4 is 27.5 Å². The summed E-state index contributed by atoms with van der Waals surface area (Å²) >= 11 is 3.40. The molecule has 0 bridgehead atoms. The smallest absolute Gasteiger partial charge is 0.263 e. The fourth-order valence-corrected chi connectivity index (χ4v) is 2.53. The number of benzene rings is 2. The maximum atomic E-state index is 12.3. The molecular weight excluding hydrogens is 382 g/mol. The van der Waals surface area contributed by atoms with Crippen molar-refractivity contribution in [3.8, 4) is 11.8 Å². The molecule has 0 saturated carbocycles. The largest absolute Gasteiger partial charge is 0.497 e. The van der Waals surface area contributed by atoms with Crippen molar-refractivity contribution in [2.75, 3.05) is 12.4 Å². The first-order valence-corrected chi connectivity index (χ1v) is 8.40. The number of nitriles is 1. The van der Waals surface area contributed by atoms with Gasteiger partial charge in [-0.2, -0.15) is 5.26 Å². The molecule has 128 valence electrons. The molecule has 2 N–H and O–H groups in total. The van der Waals surface area contributed by atoms with Crippen molar-refractivity contribution in [1.82, 2.24) is 5.32 Å². The molecule has 1 unspecified atom stereocenters. The summed E-state index contributed by atoms with van der Waals surface area (Å²) < 4.78 is 5.96. The van der Waals surface area contributed by atoms with Gasteiger partial charge in [0.15, 0.2) is 0 Å². The van der Waals surface area contributed by atoms with Gasteiger partial charge in [-0.25, -0.2) is 0 Å². The molecule has 0 aliphatic heterocycles. The van der Waals surface area contributed by atoms with Crippen molar-refractivity contribution in [3.63, 3.8) is 0 Å². The number of ether oxygens (including phenoxy) is 1. The highest BCUT2D eigenvalue weighted by Crippen LogP contribution is 2.21. The number of carbonyl (C=O) groups excluding carboxylic acids is 1. The van der Waals surface area contributed by atoms with Crippen molar-refractivity contribution < 1.29 is 9.53 Å². The molecule has 5 nitrogen and oxygen atoms in total. The molecule has 2 aromatic carbocycles. The molecule has 0 fully saturated rings. The van der Waals surface area contributed by atoms with Gasteiger partial charge in [-0.15, -0.1) is 0 Å². The first-order chi connectivity index (χ1) is 12.0. The van der Waals surface area contributed by atoms with E-state index >= 15 is 0 Å². The molecule has 0 heterocycles. The Bertz CT molecular complexity index is 810. The Kier molecular flexibility index (Phi) is 6.61. The summed E-state index contributed by atoms with van der Waals surface area (Å²) in [7, 11) is 1.60. The molecule has 0 saturated heterocycles. The topological polar surface area (TPSA) is 74.1 Å². The number of nitrogens with zero attached hydrogens (tertiary/aromatic N) is 1.